The molecule has 1 N–H and O–H groups in total. The van der Waals surface area contributed by atoms with Gasteiger partial charge in [-0.25, -0.2) is 4.98 Å². The Hall–Kier alpha value is -3.73. The van der Waals surface area contributed by atoms with Crippen LogP contribution in [0.25, 0.3) is 22.6 Å². The maximum absolute atomic E-state index is 10.9. The summed E-state index contributed by atoms with van der Waals surface area (Å²) >= 11 is 1.11. The fourth-order valence-corrected chi connectivity index (χ4v) is 3.20. The quantitative estimate of drug-likeness (QED) is 0.321. The van der Waals surface area contributed by atoms with Crippen molar-refractivity contribution in [1.82, 2.24) is 4.98 Å². The second kappa shape index (κ2) is 8.52. The summed E-state index contributed by atoms with van der Waals surface area (Å²) in [4.78, 5) is 35.8. The first-order chi connectivity index (χ1) is 13.8. The van der Waals surface area contributed by atoms with Gasteiger partial charge in [0, 0.05) is 41.1 Å². The third kappa shape index (κ3) is 4.76. The predicted octanol–water partition coefficient (Wildman–Crippen LogP) is 4.39. The van der Waals surface area contributed by atoms with Gasteiger partial charge < -0.3 is 9.52 Å². The van der Waals surface area contributed by atoms with Gasteiger partial charge in [0.2, 0.25) is 0 Å². The number of nitro groups is 2. The molecule has 3 rings (SSSR count). The van der Waals surface area contributed by atoms with Crippen molar-refractivity contribution in [2.75, 3.05) is 5.75 Å². The Morgan fingerprint density at radius 3 is 1.97 bits per heavy atom. The van der Waals surface area contributed by atoms with Crippen molar-refractivity contribution in [2.45, 2.75) is 11.6 Å². The van der Waals surface area contributed by atoms with E-state index >= 15 is 0 Å². The first kappa shape index (κ1) is 20.0. The van der Waals surface area contributed by atoms with Gasteiger partial charge in [0.15, 0.2) is 5.76 Å². The minimum Gasteiger partial charge on any atom is -0.481 e. The maximum Gasteiger partial charge on any atom is 0.304 e. The van der Waals surface area contributed by atoms with Crippen LogP contribution in [0, 0.1) is 20.2 Å². The molecule has 2 aromatic carbocycles. The second-order valence-electron chi connectivity index (χ2n) is 5.76. The van der Waals surface area contributed by atoms with Crippen molar-refractivity contribution >= 4 is 29.1 Å². The van der Waals surface area contributed by atoms with Gasteiger partial charge in [-0.1, -0.05) is 11.8 Å². The van der Waals surface area contributed by atoms with Gasteiger partial charge in [-0.15, -0.1) is 0 Å². The van der Waals surface area contributed by atoms with Gasteiger partial charge in [0.05, 0.1) is 16.3 Å². The van der Waals surface area contributed by atoms with Crippen LogP contribution in [0.2, 0.25) is 0 Å². The zero-order valence-corrected chi connectivity index (χ0v) is 15.5. The molecule has 0 aliphatic rings. The van der Waals surface area contributed by atoms with Gasteiger partial charge >= 0.3 is 5.97 Å². The summed E-state index contributed by atoms with van der Waals surface area (Å²) in [7, 11) is 0. The summed E-state index contributed by atoms with van der Waals surface area (Å²) in [5.74, 6) is -0.378. The standard InChI is InChI=1S/C18H13N3O7S/c22-15(23)9-10-29-18-19-16(11-1-5-13(6-2-11)20(24)25)17(28-18)12-3-7-14(8-4-12)21(26)27/h1-8H,9-10H2,(H,22,23). The van der Waals surface area contributed by atoms with Crippen molar-refractivity contribution in [2.24, 2.45) is 0 Å². The molecule has 0 aliphatic carbocycles. The first-order valence-corrected chi connectivity index (χ1v) is 9.19. The minimum absolute atomic E-state index is 0.0766. The number of carboxylic acid groups (broad SMARTS) is 1. The third-order valence-electron chi connectivity index (χ3n) is 3.84. The molecule has 0 saturated heterocycles. The molecular formula is C18H13N3O7S. The number of aromatic nitrogens is 1. The van der Waals surface area contributed by atoms with Crippen LogP contribution in [0.5, 0.6) is 0 Å². The van der Waals surface area contributed by atoms with E-state index in [1.165, 1.54) is 48.5 Å². The van der Waals surface area contributed by atoms with Crippen LogP contribution >= 0.6 is 11.8 Å². The number of non-ortho nitro benzene ring substituents is 2. The number of oxazole rings is 1. The summed E-state index contributed by atoms with van der Waals surface area (Å²) in [6.45, 7) is 0. The fourth-order valence-electron chi connectivity index (χ4n) is 2.45. The lowest BCUT2D eigenvalue weighted by molar-refractivity contribution is -0.385. The van der Waals surface area contributed by atoms with Gasteiger partial charge in [0.1, 0.15) is 5.69 Å². The number of thioether (sulfide) groups is 1. The van der Waals surface area contributed by atoms with Crippen LogP contribution in [0.1, 0.15) is 6.42 Å². The molecule has 10 nitrogen and oxygen atoms in total. The maximum atomic E-state index is 10.9. The first-order valence-electron chi connectivity index (χ1n) is 8.20. The number of aliphatic carboxylic acids is 1. The van der Waals surface area contributed by atoms with Crippen molar-refractivity contribution in [3.05, 3.63) is 68.8 Å². The number of rotatable bonds is 8. The van der Waals surface area contributed by atoms with E-state index in [4.69, 9.17) is 9.52 Å². The summed E-state index contributed by atoms with van der Waals surface area (Å²) in [6.07, 6.45) is -0.0766. The zero-order chi connectivity index (χ0) is 21.0. The molecule has 148 valence electrons. The normalized spacial score (nSPS) is 10.6. The van der Waals surface area contributed by atoms with Gasteiger partial charge in [-0.3, -0.25) is 25.0 Å². The zero-order valence-electron chi connectivity index (χ0n) is 14.7. The molecule has 0 amide bonds. The van der Waals surface area contributed by atoms with E-state index in [0.29, 0.717) is 22.6 Å². The molecular weight excluding hydrogens is 402 g/mol. The lowest BCUT2D eigenvalue weighted by Crippen LogP contribution is -1.95. The Morgan fingerprint density at radius 1 is 0.966 bits per heavy atom. The molecule has 3 aromatic rings. The highest BCUT2D eigenvalue weighted by molar-refractivity contribution is 7.99. The molecule has 0 aliphatic heterocycles. The number of nitrogens with zero attached hydrogens (tertiary/aromatic N) is 3. The Bertz CT molecular complexity index is 987. The van der Waals surface area contributed by atoms with E-state index in [1.807, 2.05) is 0 Å². The van der Waals surface area contributed by atoms with Crippen LogP contribution in [0.15, 0.2) is 58.2 Å². The Labute approximate surface area is 167 Å². The van der Waals surface area contributed by atoms with Crippen molar-refractivity contribution in [1.29, 1.82) is 0 Å². The fraction of sp³-hybridized carbons (Fsp3) is 0.111. The highest BCUT2D eigenvalue weighted by atomic mass is 32.2. The van der Waals surface area contributed by atoms with E-state index in [0.717, 1.165) is 11.8 Å². The number of hydrogen-bond donors (Lipinski definition) is 1. The molecule has 1 heterocycles. The van der Waals surface area contributed by atoms with Crippen molar-refractivity contribution < 1.29 is 24.2 Å². The van der Waals surface area contributed by atoms with Crippen LogP contribution in [0.4, 0.5) is 11.4 Å². The van der Waals surface area contributed by atoms with E-state index in [9.17, 15) is 25.0 Å². The molecule has 0 spiro atoms. The van der Waals surface area contributed by atoms with Crippen LogP contribution in [-0.4, -0.2) is 31.7 Å². The van der Waals surface area contributed by atoms with Crippen molar-refractivity contribution in [3.8, 4) is 22.6 Å². The van der Waals surface area contributed by atoms with Crippen LogP contribution < -0.4 is 0 Å². The molecule has 0 fully saturated rings. The van der Waals surface area contributed by atoms with E-state index < -0.39 is 15.8 Å². The van der Waals surface area contributed by atoms with Crippen LogP contribution in [-0.2, 0) is 4.79 Å². The third-order valence-corrected chi connectivity index (χ3v) is 4.67. The Morgan fingerprint density at radius 2 is 1.48 bits per heavy atom. The SMILES string of the molecule is O=C(O)CCSc1nc(-c2ccc([N+](=O)[O-])cc2)c(-c2ccc([N+](=O)[O-])cc2)o1. The summed E-state index contributed by atoms with van der Waals surface area (Å²) in [5.41, 5.74) is 1.32. The molecule has 0 bridgehead atoms. The smallest absolute Gasteiger partial charge is 0.304 e. The van der Waals surface area contributed by atoms with Crippen molar-refractivity contribution in [3.63, 3.8) is 0 Å². The number of carboxylic acids is 1. The summed E-state index contributed by atoms with van der Waals surface area (Å²) in [5, 5.41) is 30.7. The number of carbonyl (C=O) groups is 1. The lowest BCUT2D eigenvalue weighted by Gasteiger charge is -2.01. The Balaban J connectivity index is 1.99. The second-order valence-corrected chi connectivity index (χ2v) is 6.80. The molecule has 0 unspecified atom stereocenters. The number of hydrogen-bond acceptors (Lipinski definition) is 8. The van der Waals surface area contributed by atoms with E-state index in [-0.39, 0.29) is 28.8 Å². The lowest BCUT2D eigenvalue weighted by atomic mass is 10.1. The molecule has 0 saturated carbocycles. The summed E-state index contributed by atoms with van der Waals surface area (Å²) < 4.78 is 5.77. The molecule has 0 atom stereocenters. The molecule has 1 aromatic heterocycles. The average molecular weight is 415 g/mol. The van der Waals surface area contributed by atoms with Gasteiger partial charge in [0.25, 0.3) is 16.6 Å². The molecule has 29 heavy (non-hydrogen) atoms. The van der Waals surface area contributed by atoms with E-state index in [1.54, 1.807) is 0 Å². The van der Waals surface area contributed by atoms with E-state index in [2.05, 4.69) is 4.98 Å². The number of benzene rings is 2. The molecule has 11 heteroatoms. The van der Waals surface area contributed by atoms with Gasteiger partial charge in [-0.05, 0) is 24.3 Å². The monoisotopic (exact) mass is 415 g/mol. The van der Waals surface area contributed by atoms with Gasteiger partial charge in [-0.2, -0.15) is 0 Å². The summed E-state index contributed by atoms with van der Waals surface area (Å²) in [6, 6.07) is 11.4. The topological polar surface area (TPSA) is 150 Å². The highest BCUT2D eigenvalue weighted by Gasteiger charge is 2.19. The minimum atomic E-state index is -0.949. The predicted molar refractivity (Wildman–Crippen MR) is 104 cm³/mol. The van der Waals surface area contributed by atoms with Crippen LogP contribution in [0.3, 0.4) is 0 Å². The molecule has 0 radical (unpaired) electrons. The Kier molecular flexibility index (Phi) is 5.88. The number of nitro benzene ring substituents is 2. The average Bonchev–Trinajstić information content (AvgIpc) is 3.12. The highest BCUT2D eigenvalue weighted by Crippen LogP contribution is 2.36. The largest absolute Gasteiger partial charge is 0.481 e.